The molecule has 2 rings (SSSR count). The molecule has 1 aromatic carbocycles. The number of nitrogens with one attached hydrogen (secondary N) is 1. The van der Waals surface area contributed by atoms with Crippen LogP contribution in [0.5, 0.6) is 0 Å². The zero-order valence-electron chi connectivity index (χ0n) is 8.96. The van der Waals surface area contributed by atoms with Gasteiger partial charge >= 0.3 is 0 Å². The third kappa shape index (κ3) is 1.31. The molecule has 0 aliphatic carbocycles. The normalized spacial score (nSPS) is 13.4. The van der Waals surface area contributed by atoms with Crippen molar-refractivity contribution >= 4 is 10.9 Å². The van der Waals surface area contributed by atoms with Crippen LogP contribution in [-0.2, 0) is 0 Å². The molecule has 0 bridgehead atoms. The molecule has 0 fully saturated rings. The van der Waals surface area contributed by atoms with Crippen molar-refractivity contribution in [3.63, 3.8) is 0 Å². The molecule has 74 valence electrons. The molecule has 0 spiro atoms. The Bertz CT molecular complexity index is 443. The highest BCUT2D eigenvalue weighted by Gasteiger charge is 2.11. The number of nitrogens with zero attached hydrogens (tertiary/aromatic N) is 1. The second-order valence-corrected chi connectivity index (χ2v) is 3.94. The van der Waals surface area contributed by atoms with Crippen LogP contribution in [0.3, 0.4) is 0 Å². The number of aromatic nitrogens is 2. The topological polar surface area (TPSA) is 28.7 Å². The summed E-state index contributed by atoms with van der Waals surface area (Å²) in [6, 6.07) is 4.30. The number of hydrogen-bond donors (Lipinski definition) is 1. The number of fused-ring (bicyclic) bond motifs is 1. The van der Waals surface area contributed by atoms with E-state index in [0.29, 0.717) is 5.92 Å². The summed E-state index contributed by atoms with van der Waals surface area (Å²) >= 11 is 0. The molecule has 1 N–H and O–H groups in total. The Morgan fingerprint density at radius 3 is 2.93 bits per heavy atom. The molecule has 0 saturated heterocycles. The van der Waals surface area contributed by atoms with Gasteiger partial charge in [0.1, 0.15) is 0 Å². The molecular formula is C12H16N2. The SMILES string of the molecule is CCC(C)c1c(C)ccc2cn[nH]c12. The predicted octanol–water partition coefficient (Wildman–Crippen LogP) is 3.38. The molecule has 0 aliphatic heterocycles. The van der Waals surface area contributed by atoms with Crippen LogP contribution in [-0.4, -0.2) is 10.2 Å². The van der Waals surface area contributed by atoms with Crippen molar-refractivity contribution in [1.82, 2.24) is 10.2 Å². The molecule has 0 saturated carbocycles. The molecule has 0 radical (unpaired) electrons. The van der Waals surface area contributed by atoms with Gasteiger partial charge in [0, 0.05) is 5.39 Å². The maximum Gasteiger partial charge on any atom is 0.0687 e. The lowest BCUT2D eigenvalue weighted by Gasteiger charge is -2.13. The van der Waals surface area contributed by atoms with E-state index in [1.807, 2.05) is 6.20 Å². The lowest BCUT2D eigenvalue weighted by atomic mass is 9.92. The smallest absolute Gasteiger partial charge is 0.0687 e. The number of aryl methyl sites for hydroxylation is 1. The maximum absolute atomic E-state index is 4.09. The van der Waals surface area contributed by atoms with E-state index < -0.39 is 0 Å². The molecule has 1 aromatic heterocycles. The van der Waals surface area contributed by atoms with Gasteiger partial charge in [0.25, 0.3) is 0 Å². The molecule has 1 heterocycles. The summed E-state index contributed by atoms with van der Waals surface area (Å²) in [5.41, 5.74) is 3.98. The lowest BCUT2D eigenvalue weighted by Crippen LogP contribution is -1.96. The second kappa shape index (κ2) is 3.45. The number of aromatic amines is 1. The summed E-state index contributed by atoms with van der Waals surface area (Å²) in [4.78, 5) is 0. The van der Waals surface area contributed by atoms with E-state index >= 15 is 0 Å². The van der Waals surface area contributed by atoms with Crippen molar-refractivity contribution in [2.45, 2.75) is 33.1 Å². The largest absolute Gasteiger partial charge is 0.278 e. The zero-order chi connectivity index (χ0) is 10.1. The first kappa shape index (κ1) is 9.25. The Labute approximate surface area is 84.3 Å². The number of benzene rings is 1. The van der Waals surface area contributed by atoms with E-state index in [0.717, 1.165) is 0 Å². The van der Waals surface area contributed by atoms with Crippen molar-refractivity contribution in [2.75, 3.05) is 0 Å². The van der Waals surface area contributed by atoms with E-state index in [4.69, 9.17) is 0 Å². The highest BCUT2D eigenvalue weighted by molar-refractivity contribution is 5.82. The standard InChI is InChI=1S/C12H16N2/c1-4-8(2)11-9(3)5-6-10-7-13-14-12(10)11/h5-8H,4H2,1-3H3,(H,13,14). The van der Waals surface area contributed by atoms with Gasteiger partial charge in [0.15, 0.2) is 0 Å². The monoisotopic (exact) mass is 188 g/mol. The van der Waals surface area contributed by atoms with Crippen LogP contribution in [0.15, 0.2) is 18.3 Å². The molecule has 2 aromatic rings. The van der Waals surface area contributed by atoms with Crippen LogP contribution < -0.4 is 0 Å². The molecule has 14 heavy (non-hydrogen) atoms. The Balaban J connectivity index is 2.70. The summed E-state index contributed by atoms with van der Waals surface area (Å²) in [6.07, 6.45) is 3.06. The van der Waals surface area contributed by atoms with Crippen molar-refractivity contribution < 1.29 is 0 Å². The summed E-state index contributed by atoms with van der Waals surface area (Å²) in [5.74, 6) is 0.596. The first-order valence-electron chi connectivity index (χ1n) is 5.16. The third-order valence-corrected chi connectivity index (χ3v) is 2.98. The number of hydrogen-bond acceptors (Lipinski definition) is 1. The molecule has 1 unspecified atom stereocenters. The van der Waals surface area contributed by atoms with Crippen LogP contribution in [0.2, 0.25) is 0 Å². The third-order valence-electron chi connectivity index (χ3n) is 2.98. The average Bonchev–Trinajstić information content (AvgIpc) is 2.64. The van der Waals surface area contributed by atoms with E-state index in [1.165, 1.54) is 28.5 Å². The molecule has 0 amide bonds. The van der Waals surface area contributed by atoms with Gasteiger partial charge in [-0.25, -0.2) is 0 Å². The van der Waals surface area contributed by atoms with Gasteiger partial charge in [0.05, 0.1) is 11.7 Å². The fourth-order valence-corrected chi connectivity index (χ4v) is 1.98. The minimum atomic E-state index is 0.596. The van der Waals surface area contributed by atoms with Gasteiger partial charge in [-0.3, -0.25) is 5.10 Å². The first-order chi connectivity index (χ1) is 6.74. The van der Waals surface area contributed by atoms with Gasteiger partial charge in [-0.05, 0) is 30.4 Å². The minimum absolute atomic E-state index is 0.596. The second-order valence-electron chi connectivity index (χ2n) is 3.94. The van der Waals surface area contributed by atoms with E-state index in [-0.39, 0.29) is 0 Å². The van der Waals surface area contributed by atoms with Gasteiger partial charge in [-0.1, -0.05) is 26.0 Å². The molecule has 0 aliphatic rings. The number of rotatable bonds is 2. The Kier molecular flexibility index (Phi) is 2.28. The average molecular weight is 188 g/mol. The molecule has 2 heteroatoms. The molecular weight excluding hydrogens is 172 g/mol. The van der Waals surface area contributed by atoms with Crippen LogP contribution in [0.1, 0.15) is 37.3 Å². The fourth-order valence-electron chi connectivity index (χ4n) is 1.98. The van der Waals surface area contributed by atoms with Gasteiger partial charge in [-0.2, -0.15) is 5.10 Å². The molecule has 1 atom stereocenters. The van der Waals surface area contributed by atoms with Crippen LogP contribution in [0.4, 0.5) is 0 Å². The lowest BCUT2D eigenvalue weighted by molar-refractivity contribution is 0.732. The summed E-state index contributed by atoms with van der Waals surface area (Å²) < 4.78 is 0. The van der Waals surface area contributed by atoms with Gasteiger partial charge in [-0.15, -0.1) is 0 Å². The van der Waals surface area contributed by atoms with E-state index in [9.17, 15) is 0 Å². The summed E-state index contributed by atoms with van der Waals surface area (Å²) in [6.45, 7) is 6.66. The summed E-state index contributed by atoms with van der Waals surface area (Å²) in [5, 5.41) is 8.40. The zero-order valence-corrected chi connectivity index (χ0v) is 8.96. The number of H-pyrrole nitrogens is 1. The van der Waals surface area contributed by atoms with Crippen LogP contribution >= 0.6 is 0 Å². The van der Waals surface area contributed by atoms with Crippen molar-refractivity contribution in [1.29, 1.82) is 0 Å². The first-order valence-corrected chi connectivity index (χ1v) is 5.16. The van der Waals surface area contributed by atoms with Crippen molar-refractivity contribution in [3.8, 4) is 0 Å². The van der Waals surface area contributed by atoms with E-state index in [1.54, 1.807) is 0 Å². The van der Waals surface area contributed by atoms with Crippen molar-refractivity contribution in [2.24, 2.45) is 0 Å². The Hall–Kier alpha value is -1.31. The minimum Gasteiger partial charge on any atom is -0.278 e. The predicted molar refractivity (Wildman–Crippen MR) is 59.5 cm³/mol. The maximum atomic E-state index is 4.09. The fraction of sp³-hybridized carbons (Fsp3) is 0.417. The van der Waals surface area contributed by atoms with Crippen LogP contribution in [0, 0.1) is 6.92 Å². The summed E-state index contributed by atoms with van der Waals surface area (Å²) in [7, 11) is 0. The Morgan fingerprint density at radius 2 is 2.21 bits per heavy atom. The van der Waals surface area contributed by atoms with Crippen LogP contribution in [0.25, 0.3) is 10.9 Å². The Morgan fingerprint density at radius 1 is 1.43 bits per heavy atom. The highest BCUT2D eigenvalue weighted by Crippen LogP contribution is 2.28. The quantitative estimate of drug-likeness (QED) is 0.769. The van der Waals surface area contributed by atoms with E-state index in [2.05, 4.69) is 43.1 Å². The van der Waals surface area contributed by atoms with Gasteiger partial charge in [0.2, 0.25) is 0 Å². The van der Waals surface area contributed by atoms with Crippen molar-refractivity contribution in [3.05, 3.63) is 29.5 Å². The van der Waals surface area contributed by atoms with Gasteiger partial charge < -0.3 is 0 Å². The molecule has 2 nitrogen and oxygen atoms in total. The highest BCUT2D eigenvalue weighted by atomic mass is 15.1.